The second-order valence-electron chi connectivity index (χ2n) is 10.6. The van der Waals surface area contributed by atoms with E-state index in [-0.39, 0.29) is 0 Å². The third-order valence-electron chi connectivity index (χ3n) is 7.09. The quantitative estimate of drug-likeness (QED) is 0.143. The van der Waals surface area contributed by atoms with Gasteiger partial charge in [-0.1, -0.05) is 151 Å². The predicted molar refractivity (Wildman–Crippen MR) is 173 cm³/mol. The van der Waals surface area contributed by atoms with Crippen molar-refractivity contribution in [3.05, 3.63) is 184 Å². The van der Waals surface area contributed by atoms with Crippen molar-refractivity contribution in [1.29, 1.82) is 0 Å². The first kappa shape index (κ1) is 28.6. The second kappa shape index (κ2) is 15.2. The molecule has 0 unspecified atom stereocenters. The fraction of sp³-hybridized carbons (Fsp3) is 0.158. The topological polar surface area (TPSA) is 6.48 Å². The molecule has 5 aromatic rings. The van der Waals surface area contributed by atoms with Crippen LogP contribution in [0.2, 0.25) is 5.02 Å². The molecular formula is C38H37ClN2. The van der Waals surface area contributed by atoms with E-state index in [0.717, 1.165) is 44.3 Å². The van der Waals surface area contributed by atoms with E-state index in [4.69, 9.17) is 11.6 Å². The van der Waals surface area contributed by atoms with E-state index in [9.17, 15) is 0 Å². The van der Waals surface area contributed by atoms with Gasteiger partial charge < -0.3 is 0 Å². The molecule has 0 saturated heterocycles. The Labute approximate surface area is 250 Å². The van der Waals surface area contributed by atoms with Gasteiger partial charge in [0.15, 0.2) is 0 Å². The summed E-state index contributed by atoms with van der Waals surface area (Å²) in [6, 6.07) is 51.3. The number of rotatable bonds is 13. The fourth-order valence-corrected chi connectivity index (χ4v) is 5.34. The number of nitrogens with zero attached hydrogens (tertiary/aromatic N) is 2. The molecule has 2 nitrogen and oxygen atoms in total. The van der Waals surface area contributed by atoms with Crippen LogP contribution < -0.4 is 0 Å². The lowest BCUT2D eigenvalue weighted by molar-refractivity contribution is 0.245. The monoisotopic (exact) mass is 556 g/mol. The molecule has 41 heavy (non-hydrogen) atoms. The fourth-order valence-electron chi connectivity index (χ4n) is 5.21. The Balaban J connectivity index is 1.46. The van der Waals surface area contributed by atoms with Crippen molar-refractivity contribution in [2.24, 2.45) is 0 Å². The first-order valence-corrected chi connectivity index (χ1v) is 14.6. The summed E-state index contributed by atoms with van der Waals surface area (Å²) in [7, 11) is 0. The van der Waals surface area contributed by atoms with Crippen LogP contribution in [-0.4, -0.2) is 22.9 Å². The summed E-state index contributed by atoms with van der Waals surface area (Å²) in [6.45, 7) is 5.23. The lowest BCUT2D eigenvalue weighted by atomic mass is 10.1. The predicted octanol–water partition coefficient (Wildman–Crippen LogP) is 9.13. The van der Waals surface area contributed by atoms with Crippen LogP contribution in [-0.2, 0) is 26.2 Å². The van der Waals surface area contributed by atoms with Gasteiger partial charge in [-0.15, -0.1) is 0 Å². The minimum absolute atomic E-state index is 0.758. The average Bonchev–Trinajstić information content (AvgIpc) is 3.00. The normalized spacial score (nSPS) is 11.1. The highest BCUT2D eigenvalue weighted by molar-refractivity contribution is 6.30. The summed E-state index contributed by atoms with van der Waals surface area (Å²) in [6.07, 6.45) is 2.35. The standard InChI is InChI=1S/C38H37ClN2/c39-38-23-21-32(22-24-38)25-37(30-40(26-33-13-5-1-6-14-33)27-34-15-7-2-8-16-34)31-41(28-35-17-9-3-10-18-35)29-36-19-11-4-12-20-36/h1-25H,26-31H2. The Bertz CT molecular complexity index is 1290. The molecule has 0 aliphatic rings. The van der Waals surface area contributed by atoms with Gasteiger partial charge in [-0.2, -0.15) is 0 Å². The molecule has 3 heteroatoms. The molecule has 0 heterocycles. The van der Waals surface area contributed by atoms with Gasteiger partial charge in [-0.25, -0.2) is 0 Å². The van der Waals surface area contributed by atoms with Gasteiger partial charge in [0.25, 0.3) is 0 Å². The maximum atomic E-state index is 6.24. The SMILES string of the molecule is Clc1ccc(C=C(CN(Cc2ccccc2)Cc2ccccc2)CN(Cc2ccccc2)Cc2ccccc2)cc1. The third-order valence-corrected chi connectivity index (χ3v) is 7.34. The van der Waals surface area contributed by atoms with Gasteiger partial charge >= 0.3 is 0 Å². The molecule has 0 bridgehead atoms. The Morgan fingerprint density at radius 3 is 1.07 bits per heavy atom. The molecule has 206 valence electrons. The van der Waals surface area contributed by atoms with Gasteiger partial charge in [-0.05, 0) is 45.5 Å². The number of halogens is 1. The molecule has 0 radical (unpaired) electrons. The van der Waals surface area contributed by atoms with Crippen molar-refractivity contribution < 1.29 is 0 Å². The molecule has 0 aliphatic carbocycles. The number of hydrogen-bond donors (Lipinski definition) is 0. The lowest BCUT2D eigenvalue weighted by Gasteiger charge is -2.29. The van der Waals surface area contributed by atoms with Crippen LogP contribution in [0.25, 0.3) is 6.08 Å². The number of benzene rings is 5. The van der Waals surface area contributed by atoms with Crippen LogP contribution in [0.4, 0.5) is 0 Å². The van der Waals surface area contributed by atoms with Crippen LogP contribution in [0.3, 0.4) is 0 Å². The van der Waals surface area contributed by atoms with Crippen molar-refractivity contribution in [3.8, 4) is 0 Å². The summed E-state index contributed by atoms with van der Waals surface area (Å²) in [5.74, 6) is 0. The first-order valence-electron chi connectivity index (χ1n) is 14.2. The van der Waals surface area contributed by atoms with Crippen LogP contribution >= 0.6 is 11.6 Å². The van der Waals surface area contributed by atoms with Crippen LogP contribution in [0.5, 0.6) is 0 Å². The van der Waals surface area contributed by atoms with Crippen LogP contribution in [0.15, 0.2) is 151 Å². The van der Waals surface area contributed by atoms with Gasteiger partial charge in [0.05, 0.1) is 0 Å². The average molecular weight is 557 g/mol. The summed E-state index contributed by atoms with van der Waals surface area (Å²) in [4.78, 5) is 5.10. The Kier molecular flexibility index (Phi) is 10.6. The van der Waals surface area contributed by atoms with E-state index >= 15 is 0 Å². The molecule has 0 aliphatic heterocycles. The van der Waals surface area contributed by atoms with Gasteiger partial charge in [0.1, 0.15) is 0 Å². The van der Waals surface area contributed by atoms with E-state index < -0.39 is 0 Å². The molecule has 0 fully saturated rings. The summed E-state index contributed by atoms with van der Waals surface area (Å²) in [5, 5.41) is 0.758. The smallest absolute Gasteiger partial charge is 0.0406 e. The van der Waals surface area contributed by atoms with E-state index in [2.05, 4.69) is 149 Å². The zero-order chi connectivity index (χ0) is 28.1. The van der Waals surface area contributed by atoms with Crippen molar-refractivity contribution in [1.82, 2.24) is 9.80 Å². The molecule has 0 atom stereocenters. The maximum Gasteiger partial charge on any atom is 0.0406 e. The minimum atomic E-state index is 0.758. The largest absolute Gasteiger partial charge is 0.291 e. The van der Waals surface area contributed by atoms with E-state index in [1.165, 1.54) is 33.4 Å². The Hall–Kier alpha value is -3.95. The maximum absolute atomic E-state index is 6.24. The molecule has 5 aromatic carbocycles. The molecule has 5 rings (SSSR count). The second-order valence-corrected chi connectivity index (χ2v) is 11.0. The molecule has 0 N–H and O–H groups in total. The molecule has 0 spiro atoms. The molecule has 0 saturated carbocycles. The zero-order valence-corrected chi connectivity index (χ0v) is 24.2. The van der Waals surface area contributed by atoms with Crippen LogP contribution in [0, 0.1) is 0 Å². The lowest BCUT2D eigenvalue weighted by Crippen LogP contribution is -2.31. The zero-order valence-electron chi connectivity index (χ0n) is 23.4. The Morgan fingerprint density at radius 2 is 0.756 bits per heavy atom. The summed E-state index contributed by atoms with van der Waals surface area (Å²) in [5.41, 5.74) is 7.81. The van der Waals surface area contributed by atoms with Crippen molar-refractivity contribution in [2.75, 3.05) is 13.1 Å². The van der Waals surface area contributed by atoms with E-state index in [1.807, 2.05) is 12.1 Å². The number of hydrogen-bond acceptors (Lipinski definition) is 2. The summed E-state index contributed by atoms with van der Waals surface area (Å²) < 4.78 is 0. The minimum Gasteiger partial charge on any atom is -0.291 e. The third kappa shape index (κ3) is 9.58. The van der Waals surface area contributed by atoms with E-state index in [1.54, 1.807) is 0 Å². The van der Waals surface area contributed by atoms with E-state index in [0.29, 0.717) is 0 Å². The first-order chi connectivity index (χ1) is 20.2. The summed E-state index contributed by atoms with van der Waals surface area (Å²) >= 11 is 6.24. The van der Waals surface area contributed by atoms with Crippen LogP contribution in [0.1, 0.15) is 27.8 Å². The molecule has 0 amide bonds. The Morgan fingerprint density at radius 1 is 0.439 bits per heavy atom. The molecule has 0 aromatic heterocycles. The highest BCUT2D eigenvalue weighted by atomic mass is 35.5. The van der Waals surface area contributed by atoms with Gasteiger partial charge in [0.2, 0.25) is 0 Å². The van der Waals surface area contributed by atoms with Crippen molar-refractivity contribution in [3.63, 3.8) is 0 Å². The van der Waals surface area contributed by atoms with Gasteiger partial charge in [-0.3, -0.25) is 9.80 Å². The highest BCUT2D eigenvalue weighted by Crippen LogP contribution is 2.19. The molecular weight excluding hydrogens is 520 g/mol. The van der Waals surface area contributed by atoms with Crippen molar-refractivity contribution >= 4 is 17.7 Å². The van der Waals surface area contributed by atoms with Crippen molar-refractivity contribution in [2.45, 2.75) is 26.2 Å². The highest BCUT2D eigenvalue weighted by Gasteiger charge is 2.15. The van der Waals surface area contributed by atoms with Gasteiger partial charge in [0, 0.05) is 44.3 Å².